The Hall–Kier alpha value is -2.14. The summed E-state index contributed by atoms with van der Waals surface area (Å²) in [5.41, 5.74) is 1.26. The van der Waals surface area contributed by atoms with E-state index >= 15 is 0 Å². The van der Waals surface area contributed by atoms with Crippen LogP contribution in [-0.2, 0) is 0 Å². The highest BCUT2D eigenvalue weighted by molar-refractivity contribution is 7.22. The van der Waals surface area contributed by atoms with E-state index in [4.69, 9.17) is 4.74 Å². The number of hydrogen-bond donors (Lipinski definition) is 1. The lowest BCUT2D eigenvalue weighted by Gasteiger charge is -2.04. The Morgan fingerprint density at radius 3 is 2.84 bits per heavy atom. The molecule has 0 saturated carbocycles. The first-order valence-electron chi connectivity index (χ1n) is 5.72. The maximum absolute atomic E-state index is 13.6. The van der Waals surface area contributed by atoms with Gasteiger partial charge in [-0.25, -0.2) is 9.37 Å². The van der Waals surface area contributed by atoms with Crippen LogP contribution in [0.4, 0.5) is 15.2 Å². The number of thiazole rings is 1. The molecule has 3 aromatic rings. The summed E-state index contributed by atoms with van der Waals surface area (Å²) in [6.45, 7) is 0. The molecule has 96 valence electrons. The monoisotopic (exact) mass is 274 g/mol. The zero-order chi connectivity index (χ0) is 13.2. The van der Waals surface area contributed by atoms with E-state index in [0.29, 0.717) is 10.6 Å². The number of benzene rings is 2. The molecule has 2 aromatic carbocycles. The summed E-state index contributed by atoms with van der Waals surface area (Å²) in [4.78, 5) is 4.25. The number of para-hydroxylation sites is 1. The summed E-state index contributed by atoms with van der Waals surface area (Å²) in [7, 11) is 1.62. The van der Waals surface area contributed by atoms with E-state index in [1.54, 1.807) is 13.2 Å². The second kappa shape index (κ2) is 4.85. The van der Waals surface area contributed by atoms with Gasteiger partial charge in [-0.15, -0.1) is 0 Å². The van der Waals surface area contributed by atoms with Gasteiger partial charge in [0.1, 0.15) is 17.1 Å². The number of methoxy groups -OCH3 is 1. The molecule has 0 unspecified atom stereocenters. The smallest absolute Gasteiger partial charge is 0.188 e. The molecule has 3 rings (SSSR count). The first-order valence-corrected chi connectivity index (χ1v) is 6.54. The maximum Gasteiger partial charge on any atom is 0.188 e. The molecule has 0 amide bonds. The Bertz CT molecular complexity index is 726. The van der Waals surface area contributed by atoms with Crippen LogP contribution in [0.3, 0.4) is 0 Å². The van der Waals surface area contributed by atoms with Gasteiger partial charge in [0.05, 0.1) is 11.8 Å². The van der Waals surface area contributed by atoms with Crippen LogP contribution in [0, 0.1) is 5.82 Å². The molecular weight excluding hydrogens is 263 g/mol. The quantitative estimate of drug-likeness (QED) is 0.777. The number of ether oxygens (including phenoxy) is 1. The minimum atomic E-state index is -0.299. The molecule has 0 aliphatic heterocycles. The number of hydrogen-bond acceptors (Lipinski definition) is 4. The van der Waals surface area contributed by atoms with Gasteiger partial charge in [0.2, 0.25) is 0 Å². The molecule has 19 heavy (non-hydrogen) atoms. The minimum absolute atomic E-state index is 0.299. The van der Waals surface area contributed by atoms with Gasteiger partial charge in [-0.3, -0.25) is 0 Å². The fraction of sp³-hybridized carbons (Fsp3) is 0.0714. The van der Waals surface area contributed by atoms with Crippen molar-refractivity contribution in [3.8, 4) is 5.75 Å². The molecule has 0 radical (unpaired) electrons. The number of anilines is 2. The fourth-order valence-corrected chi connectivity index (χ4v) is 2.69. The van der Waals surface area contributed by atoms with E-state index in [-0.39, 0.29) is 5.82 Å². The molecule has 0 bridgehead atoms. The van der Waals surface area contributed by atoms with E-state index in [1.807, 2.05) is 30.3 Å². The van der Waals surface area contributed by atoms with Crippen molar-refractivity contribution in [2.24, 2.45) is 0 Å². The number of fused-ring (bicyclic) bond motifs is 1. The summed E-state index contributed by atoms with van der Waals surface area (Å²) < 4.78 is 19.5. The van der Waals surface area contributed by atoms with Crippen LogP contribution >= 0.6 is 11.3 Å². The average molecular weight is 274 g/mol. The number of nitrogens with one attached hydrogen (secondary N) is 1. The number of aromatic nitrogens is 1. The number of halogens is 1. The first kappa shape index (κ1) is 11.9. The van der Waals surface area contributed by atoms with Gasteiger partial charge in [0.15, 0.2) is 5.13 Å². The summed E-state index contributed by atoms with van der Waals surface area (Å²) in [6.07, 6.45) is 0. The van der Waals surface area contributed by atoms with Crippen LogP contribution in [0.1, 0.15) is 0 Å². The van der Waals surface area contributed by atoms with Crippen LogP contribution in [-0.4, -0.2) is 12.1 Å². The van der Waals surface area contributed by atoms with Crippen LogP contribution in [0.25, 0.3) is 10.2 Å². The van der Waals surface area contributed by atoms with E-state index in [9.17, 15) is 4.39 Å². The minimum Gasteiger partial charge on any atom is -0.497 e. The molecular formula is C14H11FN2OS. The first-order chi connectivity index (χ1) is 9.26. The van der Waals surface area contributed by atoms with Crippen molar-refractivity contribution in [1.82, 2.24) is 4.98 Å². The lowest BCUT2D eigenvalue weighted by molar-refractivity contribution is 0.415. The largest absolute Gasteiger partial charge is 0.497 e. The highest BCUT2D eigenvalue weighted by Gasteiger charge is 2.08. The SMILES string of the molecule is COc1cccc(Nc2nc3c(F)cccc3s2)c1. The van der Waals surface area contributed by atoms with Gasteiger partial charge in [0.25, 0.3) is 0 Å². The van der Waals surface area contributed by atoms with Crippen molar-refractivity contribution in [1.29, 1.82) is 0 Å². The van der Waals surface area contributed by atoms with Crippen LogP contribution in [0.15, 0.2) is 42.5 Å². The Morgan fingerprint density at radius 1 is 1.21 bits per heavy atom. The van der Waals surface area contributed by atoms with Crippen LogP contribution < -0.4 is 10.1 Å². The third-order valence-electron chi connectivity index (χ3n) is 2.69. The molecule has 0 aliphatic carbocycles. The third-order valence-corrected chi connectivity index (χ3v) is 3.63. The average Bonchev–Trinajstić information content (AvgIpc) is 2.83. The number of rotatable bonds is 3. The Kier molecular flexibility index (Phi) is 3.05. The Labute approximate surface area is 113 Å². The summed E-state index contributed by atoms with van der Waals surface area (Å²) in [5, 5.41) is 3.82. The topological polar surface area (TPSA) is 34.1 Å². The van der Waals surface area contributed by atoms with E-state index in [2.05, 4.69) is 10.3 Å². The summed E-state index contributed by atoms with van der Waals surface area (Å²) in [5.74, 6) is 0.463. The van der Waals surface area contributed by atoms with Gasteiger partial charge >= 0.3 is 0 Å². The lowest BCUT2D eigenvalue weighted by Crippen LogP contribution is -1.90. The van der Waals surface area contributed by atoms with Crippen molar-refractivity contribution < 1.29 is 9.13 Å². The molecule has 0 aliphatic rings. The summed E-state index contributed by atoms with van der Waals surface area (Å²) >= 11 is 1.42. The fourth-order valence-electron chi connectivity index (χ4n) is 1.79. The van der Waals surface area contributed by atoms with Crippen molar-refractivity contribution in [3.05, 3.63) is 48.3 Å². The molecule has 0 saturated heterocycles. The second-order valence-corrected chi connectivity index (χ2v) is 4.99. The highest BCUT2D eigenvalue weighted by atomic mass is 32.1. The van der Waals surface area contributed by atoms with Gasteiger partial charge in [-0.2, -0.15) is 0 Å². The lowest BCUT2D eigenvalue weighted by atomic mass is 10.3. The normalized spacial score (nSPS) is 10.6. The standard InChI is InChI=1S/C14H11FN2OS/c1-18-10-5-2-4-9(8-10)16-14-17-13-11(15)6-3-7-12(13)19-14/h2-8H,1H3,(H,16,17). The molecule has 1 aromatic heterocycles. The maximum atomic E-state index is 13.6. The van der Waals surface area contributed by atoms with Crippen molar-refractivity contribution in [2.75, 3.05) is 12.4 Å². The van der Waals surface area contributed by atoms with Crippen molar-refractivity contribution in [3.63, 3.8) is 0 Å². The van der Waals surface area contributed by atoms with Crippen molar-refractivity contribution in [2.45, 2.75) is 0 Å². The Balaban J connectivity index is 1.94. The predicted octanol–water partition coefficient (Wildman–Crippen LogP) is 4.19. The molecule has 5 heteroatoms. The zero-order valence-corrected chi connectivity index (χ0v) is 11.0. The Morgan fingerprint density at radius 2 is 2.05 bits per heavy atom. The molecule has 0 spiro atoms. The second-order valence-electron chi connectivity index (χ2n) is 3.96. The van der Waals surface area contributed by atoms with Crippen LogP contribution in [0.5, 0.6) is 5.75 Å². The summed E-state index contributed by atoms with van der Waals surface area (Å²) in [6, 6.07) is 12.5. The number of nitrogens with zero attached hydrogens (tertiary/aromatic N) is 1. The molecule has 0 atom stereocenters. The van der Waals surface area contributed by atoms with Gasteiger partial charge < -0.3 is 10.1 Å². The molecule has 3 nitrogen and oxygen atoms in total. The molecule has 1 N–H and O–H groups in total. The van der Waals surface area contributed by atoms with Crippen LogP contribution in [0.2, 0.25) is 0 Å². The van der Waals surface area contributed by atoms with Gasteiger partial charge in [-0.05, 0) is 24.3 Å². The highest BCUT2D eigenvalue weighted by Crippen LogP contribution is 2.30. The zero-order valence-electron chi connectivity index (χ0n) is 10.2. The van der Waals surface area contributed by atoms with Gasteiger partial charge in [-0.1, -0.05) is 23.5 Å². The predicted molar refractivity (Wildman–Crippen MR) is 75.9 cm³/mol. The molecule has 1 heterocycles. The third kappa shape index (κ3) is 2.37. The van der Waals surface area contributed by atoms with Gasteiger partial charge in [0, 0.05) is 11.8 Å². The van der Waals surface area contributed by atoms with E-state index < -0.39 is 0 Å². The molecule has 0 fully saturated rings. The van der Waals surface area contributed by atoms with Crippen molar-refractivity contribution >= 4 is 32.4 Å². The van der Waals surface area contributed by atoms with E-state index in [1.165, 1.54) is 17.4 Å². The van der Waals surface area contributed by atoms with E-state index in [0.717, 1.165) is 16.1 Å².